The Morgan fingerprint density at radius 1 is 0.708 bits per heavy atom. The molecule has 0 saturated heterocycles. The van der Waals surface area contributed by atoms with E-state index in [-0.39, 0.29) is 17.6 Å². The summed E-state index contributed by atoms with van der Waals surface area (Å²) in [5, 5.41) is 0. The Balaban J connectivity index is 6.26. The van der Waals surface area contributed by atoms with Crippen molar-refractivity contribution in [2.24, 2.45) is 11.5 Å². The van der Waals surface area contributed by atoms with Crippen molar-refractivity contribution < 1.29 is 26.6 Å². The summed E-state index contributed by atoms with van der Waals surface area (Å²) in [4.78, 5) is 0. The summed E-state index contributed by atoms with van der Waals surface area (Å²) in [6.07, 6.45) is 1.35. The first-order valence-electron chi connectivity index (χ1n) is 8.11. The van der Waals surface area contributed by atoms with Crippen LogP contribution < -0.4 is 11.5 Å². The van der Waals surface area contributed by atoms with Crippen molar-refractivity contribution in [3.8, 4) is 0 Å². The van der Waals surface area contributed by atoms with Crippen LogP contribution in [0.5, 0.6) is 0 Å². The smallest absolute Gasteiger partial charge is 0.377 e. The van der Waals surface area contributed by atoms with Gasteiger partial charge in [-0.15, -0.1) is 0 Å². The van der Waals surface area contributed by atoms with Crippen molar-refractivity contribution in [2.45, 2.75) is 43.3 Å². The summed E-state index contributed by atoms with van der Waals surface area (Å²) in [5.74, 6) is 0. The van der Waals surface area contributed by atoms with Crippen molar-refractivity contribution in [1.29, 1.82) is 0 Å². The zero-order valence-electron chi connectivity index (χ0n) is 16.4. The first kappa shape index (κ1) is 24.1. The minimum atomic E-state index is -3.05. The molecular formula is C14H36N2O6Si2. The summed E-state index contributed by atoms with van der Waals surface area (Å²) in [5.41, 5.74) is 11.7. The molecule has 0 rings (SSSR count). The van der Waals surface area contributed by atoms with E-state index in [1.807, 2.05) is 13.8 Å². The normalized spacial score (nSPS) is 18.2. The van der Waals surface area contributed by atoms with Crippen molar-refractivity contribution in [1.82, 2.24) is 0 Å². The molecule has 146 valence electrons. The molecule has 8 nitrogen and oxygen atoms in total. The quantitative estimate of drug-likeness (QED) is 0.452. The Morgan fingerprint density at radius 2 is 0.958 bits per heavy atom. The van der Waals surface area contributed by atoms with Crippen molar-refractivity contribution >= 4 is 17.6 Å². The van der Waals surface area contributed by atoms with E-state index < -0.39 is 23.1 Å². The van der Waals surface area contributed by atoms with Crippen LogP contribution in [-0.2, 0) is 26.6 Å². The monoisotopic (exact) mass is 384 g/mol. The largest absolute Gasteiger partial charge is 0.505 e. The van der Waals surface area contributed by atoms with Gasteiger partial charge in [-0.05, 0) is 12.8 Å². The van der Waals surface area contributed by atoms with Gasteiger partial charge in [0.2, 0.25) is 0 Å². The van der Waals surface area contributed by atoms with Crippen LogP contribution in [-0.4, -0.2) is 72.4 Å². The molecule has 10 heteroatoms. The number of hydrogen-bond donors (Lipinski definition) is 2. The van der Waals surface area contributed by atoms with E-state index >= 15 is 0 Å². The molecular weight excluding hydrogens is 348 g/mol. The molecule has 0 spiro atoms. The molecule has 0 saturated carbocycles. The standard InChI is InChI=1S/C14H36N2O6Si2/c1-9-12(23(17-3,18-4)19-5)14(16,11-15)13(10-2)24(20-6,21-7)22-8/h12-13H,9-11,15-16H2,1-8H3. The summed E-state index contributed by atoms with van der Waals surface area (Å²) >= 11 is 0. The maximum Gasteiger partial charge on any atom is 0.505 e. The highest BCUT2D eigenvalue weighted by Gasteiger charge is 2.64. The van der Waals surface area contributed by atoms with E-state index in [4.69, 9.17) is 38.0 Å². The van der Waals surface area contributed by atoms with Crippen LogP contribution >= 0.6 is 0 Å². The van der Waals surface area contributed by atoms with E-state index in [9.17, 15) is 0 Å². The first-order chi connectivity index (χ1) is 11.3. The van der Waals surface area contributed by atoms with Crippen LogP contribution in [0.1, 0.15) is 26.7 Å². The number of hydrogen-bond acceptors (Lipinski definition) is 8. The highest BCUT2D eigenvalue weighted by molar-refractivity contribution is 6.65. The molecule has 0 radical (unpaired) electrons. The highest BCUT2D eigenvalue weighted by atomic mass is 28.4. The third kappa shape index (κ3) is 4.09. The maximum absolute atomic E-state index is 6.90. The fourth-order valence-corrected chi connectivity index (χ4v) is 9.63. The van der Waals surface area contributed by atoms with Crippen LogP contribution in [0.15, 0.2) is 0 Å². The number of nitrogens with two attached hydrogens (primary N) is 2. The van der Waals surface area contributed by atoms with Gasteiger partial charge >= 0.3 is 17.6 Å². The van der Waals surface area contributed by atoms with Crippen LogP contribution in [0, 0.1) is 0 Å². The minimum Gasteiger partial charge on any atom is -0.377 e. The summed E-state index contributed by atoms with van der Waals surface area (Å²) in [7, 11) is 3.36. The second-order valence-electron chi connectivity index (χ2n) is 5.67. The van der Waals surface area contributed by atoms with E-state index in [1.54, 1.807) is 42.7 Å². The van der Waals surface area contributed by atoms with Gasteiger partial charge < -0.3 is 38.0 Å². The van der Waals surface area contributed by atoms with Gasteiger partial charge in [-0.2, -0.15) is 0 Å². The van der Waals surface area contributed by atoms with Crippen LogP contribution in [0.2, 0.25) is 11.1 Å². The van der Waals surface area contributed by atoms with E-state index in [0.29, 0.717) is 12.8 Å². The lowest BCUT2D eigenvalue weighted by atomic mass is 9.88. The molecule has 0 aliphatic carbocycles. The van der Waals surface area contributed by atoms with Crippen LogP contribution in [0.4, 0.5) is 0 Å². The zero-order chi connectivity index (χ0) is 19.0. The lowest BCUT2D eigenvalue weighted by molar-refractivity contribution is 0.0721. The Kier molecular flexibility index (Phi) is 10.4. The Morgan fingerprint density at radius 3 is 1.08 bits per heavy atom. The first-order valence-corrected chi connectivity index (χ1v) is 11.7. The lowest BCUT2D eigenvalue weighted by Crippen LogP contribution is -2.69. The van der Waals surface area contributed by atoms with Crippen molar-refractivity contribution in [3.63, 3.8) is 0 Å². The Bertz CT molecular complexity index is 312. The van der Waals surface area contributed by atoms with Gasteiger partial charge in [0.15, 0.2) is 0 Å². The van der Waals surface area contributed by atoms with Gasteiger partial charge in [0.25, 0.3) is 0 Å². The predicted molar refractivity (Wildman–Crippen MR) is 97.6 cm³/mol. The molecule has 0 aromatic rings. The molecule has 24 heavy (non-hydrogen) atoms. The van der Waals surface area contributed by atoms with Gasteiger partial charge in [-0.3, -0.25) is 0 Å². The van der Waals surface area contributed by atoms with Gasteiger partial charge in [-0.25, -0.2) is 0 Å². The summed E-state index contributed by atoms with van der Waals surface area (Å²) in [6, 6.07) is 0. The van der Waals surface area contributed by atoms with Crippen LogP contribution in [0.3, 0.4) is 0 Å². The molecule has 0 aromatic heterocycles. The molecule has 2 atom stereocenters. The summed E-state index contributed by atoms with van der Waals surface area (Å²) < 4.78 is 34.2. The molecule has 0 bridgehead atoms. The molecule has 4 N–H and O–H groups in total. The third-order valence-corrected chi connectivity index (χ3v) is 12.0. The SMILES string of the molecule is CCC(C(N)(CN)C(CC)[Si](OC)(OC)OC)[Si](OC)(OC)OC. The molecule has 0 fully saturated rings. The topological polar surface area (TPSA) is 107 Å². The Labute approximate surface area is 148 Å². The minimum absolute atomic E-state index is 0.194. The van der Waals surface area contributed by atoms with Gasteiger partial charge in [0.05, 0.1) is 0 Å². The maximum atomic E-state index is 6.90. The fourth-order valence-electron chi connectivity index (χ4n) is 3.80. The molecule has 2 unspecified atom stereocenters. The van der Waals surface area contributed by atoms with Crippen LogP contribution in [0.25, 0.3) is 0 Å². The molecule has 0 aliphatic rings. The molecule has 0 aromatic carbocycles. The molecule has 0 aliphatic heterocycles. The van der Waals surface area contributed by atoms with E-state index in [2.05, 4.69) is 0 Å². The Hall–Kier alpha value is 0.114. The predicted octanol–water partition coefficient (Wildman–Crippen LogP) is 0.959. The third-order valence-electron chi connectivity index (χ3n) is 5.03. The van der Waals surface area contributed by atoms with Gasteiger partial charge in [0.1, 0.15) is 0 Å². The van der Waals surface area contributed by atoms with Gasteiger partial charge in [0, 0.05) is 65.8 Å². The van der Waals surface area contributed by atoms with Crippen molar-refractivity contribution in [2.75, 3.05) is 49.2 Å². The molecule has 0 heterocycles. The van der Waals surface area contributed by atoms with Crippen molar-refractivity contribution in [3.05, 3.63) is 0 Å². The second-order valence-corrected chi connectivity index (χ2v) is 11.9. The molecule has 0 amide bonds. The average Bonchev–Trinajstić information content (AvgIpc) is 2.63. The van der Waals surface area contributed by atoms with E-state index in [0.717, 1.165) is 0 Å². The van der Waals surface area contributed by atoms with E-state index in [1.165, 1.54) is 0 Å². The second kappa shape index (κ2) is 10.3. The highest BCUT2D eigenvalue weighted by Crippen LogP contribution is 2.47. The lowest BCUT2D eigenvalue weighted by Gasteiger charge is -2.49. The number of rotatable bonds is 13. The zero-order valence-corrected chi connectivity index (χ0v) is 18.4. The average molecular weight is 385 g/mol. The van der Waals surface area contributed by atoms with Gasteiger partial charge in [-0.1, -0.05) is 13.8 Å². The fraction of sp³-hybridized carbons (Fsp3) is 1.00. The summed E-state index contributed by atoms with van der Waals surface area (Å²) in [6.45, 7) is 4.23.